The van der Waals surface area contributed by atoms with Gasteiger partial charge in [-0.3, -0.25) is 14.5 Å². The van der Waals surface area contributed by atoms with E-state index in [4.69, 9.17) is 4.74 Å². The number of hydrogen-bond donors (Lipinski definition) is 0. The molecular weight excluding hydrogens is 352 g/mol. The van der Waals surface area contributed by atoms with Crippen LogP contribution in [-0.4, -0.2) is 66.4 Å². The van der Waals surface area contributed by atoms with Crippen molar-refractivity contribution < 1.29 is 14.3 Å². The second-order valence-corrected chi connectivity index (χ2v) is 10.4. The Bertz CT molecular complexity index is 640. The lowest BCUT2D eigenvalue weighted by Gasteiger charge is -2.41. The minimum atomic E-state index is -0.497. The molecule has 0 radical (unpaired) electrons. The third-order valence-corrected chi connectivity index (χ3v) is 8.98. The summed E-state index contributed by atoms with van der Waals surface area (Å²) < 4.78 is 6.11. The molecule has 0 spiro atoms. The van der Waals surface area contributed by atoms with Crippen molar-refractivity contribution >= 4 is 11.8 Å². The van der Waals surface area contributed by atoms with Crippen LogP contribution in [0.1, 0.15) is 58.8 Å². The van der Waals surface area contributed by atoms with Gasteiger partial charge in [-0.05, 0) is 83.5 Å². The molecule has 5 rings (SSSR count). The van der Waals surface area contributed by atoms with E-state index in [1.807, 2.05) is 0 Å². The molecule has 2 aliphatic carbocycles. The molecule has 5 fully saturated rings. The largest absolute Gasteiger partial charge is 0.461 e. The maximum atomic E-state index is 13.5. The maximum Gasteiger partial charge on any atom is 0.310 e. The molecular formula is C23H36N2O3. The van der Waals surface area contributed by atoms with Crippen molar-refractivity contribution in [1.29, 1.82) is 0 Å². The summed E-state index contributed by atoms with van der Waals surface area (Å²) in [4.78, 5) is 31.4. The Kier molecular flexibility index (Phi) is 4.82. The first kappa shape index (κ1) is 19.0. The first-order chi connectivity index (χ1) is 13.5. The number of esters is 1. The van der Waals surface area contributed by atoms with E-state index in [1.54, 1.807) is 0 Å². The van der Waals surface area contributed by atoms with E-state index in [0.29, 0.717) is 30.1 Å². The molecule has 0 aromatic carbocycles. The lowest BCUT2D eigenvalue weighted by molar-refractivity contribution is -0.154. The number of ketones is 1. The Morgan fingerprint density at radius 2 is 1.71 bits per heavy atom. The lowest BCUT2D eigenvalue weighted by atomic mass is 9.67. The molecule has 3 aliphatic heterocycles. The normalized spacial score (nSPS) is 47.2. The van der Waals surface area contributed by atoms with E-state index in [-0.39, 0.29) is 23.9 Å². The standard InChI is InChI=1S/C23H36N2O3/c1-15-7-8-16-17(14-24-9-3-4-10-24)22(27)28-21(16)23(2)19(26)13-18(20(15)23)25-11-5-6-12-25/h15-18,20-21H,3-14H2,1-2H3/t15-,16-,17?,18?,20+,21+,23+/m0/s1. The summed E-state index contributed by atoms with van der Waals surface area (Å²) in [5, 5.41) is 0. The first-order valence-corrected chi connectivity index (χ1v) is 11.7. The van der Waals surface area contributed by atoms with Crippen molar-refractivity contribution in [2.75, 3.05) is 32.7 Å². The van der Waals surface area contributed by atoms with E-state index in [9.17, 15) is 9.59 Å². The van der Waals surface area contributed by atoms with Crippen molar-refractivity contribution in [3.8, 4) is 0 Å². The van der Waals surface area contributed by atoms with Crippen LogP contribution in [0.4, 0.5) is 0 Å². The van der Waals surface area contributed by atoms with Gasteiger partial charge in [0.2, 0.25) is 0 Å². The first-order valence-electron chi connectivity index (χ1n) is 11.7. The number of fused-ring (bicyclic) bond motifs is 3. The van der Waals surface area contributed by atoms with E-state index < -0.39 is 5.41 Å². The Hall–Kier alpha value is -0.940. The topological polar surface area (TPSA) is 49.9 Å². The minimum Gasteiger partial charge on any atom is -0.461 e. The predicted molar refractivity (Wildman–Crippen MR) is 107 cm³/mol. The van der Waals surface area contributed by atoms with Gasteiger partial charge in [0, 0.05) is 24.9 Å². The van der Waals surface area contributed by atoms with Crippen LogP contribution in [0, 0.1) is 29.1 Å². The highest BCUT2D eigenvalue weighted by molar-refractivity contribution is 5.90. The average molecular weight is 389 g/mol. The van der Waals surface area contributed by atoms with Crippen LogP contribution < -0.4 is 0 Å². The van der Waals surface area contributed by atoms with Gasteiger partial charge in [0.1, 0.15) is 11.9 Å². The number of rotatable bonds is 3. The molecule has 156 valence electrons. The molecule has 0 amide bonds. The number of Topliss-reactive ketones (excluding diaryl/α,β-unsaturated/α-hetero) is 1. The third kappa shape index (κ3) is 2.79. The molecule has 3 saturated heterocycles. The maximum absolute atomic E-state index is 13.5. The number of carbonyl (C=O) groups is 2. The SMILES string of the molecule is C[C@H]1CC[C@H]2C(CN3CCCC3)C(=O)O[C@H]2[C@]2(C)C(=O)CC(N3CCCC3)[C@@H]12. The summed E-state index contributed by atoms with van der Waals surface area (Å²) >= 11 is 0. The summed E-state index contributed by atoms with van der Waals surface area (Å²) in [6, 6.07) is 0.352. The lowest BCUT2D eigenvalue weighted by Crippen LogP contribution is -2.49. The zero-order valence-electron chi connectivity index (χ0n) is 17.6. The molecule has 5 heteroatoms. The molecule has 3 heterocycles. The number of carbonyl (C=O) groups excluding carboxylic acids is 2. The van der Waals surface area contributed by atoms with Crippen LogP contribution in [0.2, 0.25) is 0 Å². The van der Waals surface area contributed by atoms with Gasteiger partial charge in [0.15, 0.2) is 0 Å². The van der Waals surface area contributed by atoms with Crippen LogP contribution in [0.3, 0.4) is 0 Å². The highest BCUT2D eigenvalue weighted by atomic mass is 16.6. The molecule has 2 saturated carbocycles. The van der Waals surface area contributed by atoms with Gasteiger partial charge in [0.25, 0.3) is 0 Å². The van der Waals surface area contributed by atoms with Gasteiger partial charge in [-0.15, -0.1) is 0 Å². The monoisotopic (exact) mass is 388 g/mol. The van der Waals surface area contributed by atoms with Crippen molar-refractivity contribution in [3.05, 3.63) is 0 Å². The molecule has 7 atom stereocenters. The molecule has 5 nitrogen and oxygen atoms in total. The van der Waals surface area contributed by atoms with Crippen LogP contribution in [0.5, 0.6) is 0 Å². The van der Waals surface area contributed by atoms with Crippen molar-refractivity contribution in [1.82, 2.24) is 9.80 Å². The number of hydrogen-bond acceptors (Lipinski definition) is 5. The van der Waals surface area contributed by atoms with Crippen LogP contribution in [0.25, 0.3) is 0 Å². The van der Waals surface area contributed by atoms with Gasteiger partial charge in [-0.2, -0.15) is 0 Å². The van der Waals surface area contributed by atoms with Crippen LogP contribution >= 0.6 is 0 Å². The molecule has 28 heavy (non-hydrogen) atoms. The van der Waals surface area contributed by atoms with Crippen LogP contribution in [-0.2, 0) is 14.3 Å². The van der Waals surface area contributed by atoms with Crippen molar-refractivity contribution in [2.24, 2.45) is 29.1 Å². The zero-order valence-corrected chi connectivity index (χ0v) is 17.6. The zero-order chi connectivity index (χ0) is 19.5. The number of ether oxygens (including phenoxy) is 1. The van der Waals surface area contributed by atoms with Crippen LogP contribution in [0.15, 0.2) is 0 Å². The molecule has 5 aliphatic rings. The summed E-state index contributed by atoms with van der Waals surface area (Å²) in [5.41, 5.74) is -0.497. The number of likely N-dealkylation sites (tertiary alicyclic amines) is 2. The van der Waals surface area contributed by atoms with Gasteiger partial charge in [-0.25, -0.2) is 0 Å². The summed E-state index contributed by atoms with van der Waals surface area (Å²) in [6.07, 6.45) is 7.58. The molecule has 2 unspecified atom stereocenters. The Labute approximate surface area is 169 Å². The van der Waals surface area contributed by atoms with E-state index in [0.717, 1.165) is 45.6 Å². The van der Waals surface area contributed by atoms with E-state index >= 15 is 0 Å². The fourth-order valence-electron chi connectivity index (χ4n) is 7.56. The molecule has 0 aromatic heterocycles. The summed E-state index contributed by atoms with van der Waals surface area (Å²) in [6.45, 7) is 9.80. The Morgan fingerprint density at radius 3 is 2.43 bits per heavy atom. The Balaban J connectivity index is 1.45. The second kappa shape index (κ2) is 7.09. The van der Waals surface area contributed by atoms with Crippen molar-refractivity contribution in [3.63, 3.8) is 0 Å². The minimum absolute atomic E-state index is 0.0335. The summed E-state index contributed by atoms with van der Waals surface area (Å²) in [7, 11) is 0. The average Bonchev–Trinajstić information content (AvgIpc) is 3.43. The smallest absolute Gasteiger partial charge is 0.310 e. The Morgan fingerprint density at radius 1 is 1.04 bits per heavy atom. The predicted octanol–water partition coefficient (Wildman–Crippen LogP) is 2.73. The third-order valence-electron chi connectivity index (χ3n) is 8.98. The molecule has 0 aromatic rings. The van der Waals surface area contributed by atoms with Gasteiger partial charge >= 0.3 is 5.97 Å². The fraction of sp³-hybridized carbons (Fsp3) is 0.913. The second-order valence-electron chi connectivity index (χ2n) is 10.4. The van der Waals surface area contributed by atoms with Gasteiger partial charge in [-0.1, -0.05) is 6.92 Å². The van der Waals surface area contributed by atoms with Crippen molar-refractivity contribution in [2.45, 2.75) is 70.9 Å². The number of nitrogens with zero attached hydrogens (tertiary/aromatic N) is 2. The molecule has 0 bridgehead atoms. The fourth-order valence-corrected chi connectivity index (χ4v) is 7.56. The van der Waals surface area contributed by atoms with E-state index in [2.05, 4.69) is 23.6 Å². The summed E-state index contributed by atoms with van der Waals surface area (Å²) in [5.74, 6) is 1.34. The van der Waals surface area contributed by atoms with E-state index in [1.165, 1.54) is 25.7 Å². The quantitative estimate of drug-likeness (QED) is 0.696. The van der Waals surface area contributed by atoms with Gasteiger partial charge < -0.3 is 9.64 Å². The highest BCUT2D eigenvalue weighted by Crippen LogP contribution is 2.58. The molecule has 0 N–H and O–H groups in total. The highest BCUT2D eigenvalue weighted by Gasteiger charge is 2.65. The van der Waals surface area contributed by atoms with Gasteiger partial charge in [0.05, 0.1) is 11.3 Å².